The first-order valence-corrected chi connectivity index (χ1v) is 8.43. The van der Waals surface area contributed by atoms with Crippen molar-refractivity contribution in [2.24, 2.45) is 5.92 Å². The van der Waals surface area contributed by atoms with Crippen LogP contribution in [-0.2, 0) is 9.53 Å². The normalized spacial score (nSPS) is 15.1. The minimum atomic E-state index is 0.00477. The minimum Gasteiger partial charge on any atom is -0.381 e. The molecule has 1 aliphatic heterocycles. The zero-order valence-corrected chi connectivity index (χ0v) is 14.4. The molecule has 0 unspecified atom stereocenters. The first kappa shape index (κ1) is 17.0. The van der Waals surface area contributed by atoms with Crippen molar-refractivity contribution in [2.45, 2.75) is 12.8 Å². The van der Waals surface area contributed by atoms with Crippen molar-refractivity contribution in [2.75, 3.05) is 23.8 Å². The van der Waals surface area contributed by atoms with Crippen molar-refractivity contribution in [3.05, 3.63) is 46.6 Å². The smallest absolute Gasteiger partial charge is 0.227 e. The number of amides is 1. The van der Waals surface area contributed by atoms with Gasteiger partial charge in [0.2, 0.25) is 5.91 Å². The number of carbonyl (C=O) groups is 1. The molecule has 5 nitrogen and oxygen atoms in total. The largest absolute Gasteiger partial charge is 0.381 e. The SMILES string of the molecule is O=C(Nc1ccc(Nc2cc(Cl)cc(Cl)c2)nc1)C1CCOCC1. The molecule has 0 bridgehead atoms. The second-order valence-corrected chi connectivity index (χ2v) is 6.46. The highest BCUT2D eigenvalue weighted by Gasteiger charge is 2.21. The minimum absolute atomic E-state index is 0.00477. The Hall–Kier alpha value is -1.82. The summed E-state index contributed by atoms with van der Waals surface area (Å²) in [4.78, 5) is 16.5. The van der Waals surface area contributed by atoms with Gasteiger partial charge in [-0.1, -0.05) is 23.2 Å². The number of rotatable bonds is 4. The van der Waals surface area contributed by atoms with E-state index in [0.717, 1.165) is 18.5 Å². The Morgan fingerprint density at radius 3 is 2.42 bits per heavy atom. The van der Waals surface area contributed by atoms with E-state index in [0.29, 0.717) is 34.8 Å². The van der Waals surface area contributed by atoms with E-state index in [1.54, 1.807) is 36.5 Å². The number of halogens is 2. The zero-order valence-electron chi connectivity index (χ0n) is 12.9. The molecule has 1 amide bonds. The van der Waals surface area contributed by atoms with Crippen LogP contribution in [0.5, 0.6) is 0 Å². The van der Waals surface area contributed by atoms with E-state index in [4.69, 9.17) is 27.9 Å². The van der Waals surface area contributed by atoms with Crippen LogP contribution >= 0.6 is 23.2 Å². The molecule has 1 aliphatic rings. The summed E-state index contributed by atoms with van der Waals surface area (Å²) in [6, 6.07) is 8.77. The van der Waals surface area contributed by atoms with E-state index >= 15 is 0 Å². The van der Waals surface area contributed by atoms with Gasteiger partial charge in [0.15, 0.2) is 0 Å². The van der Waals surface area contributed by atoms with Gasteiger partial charge in [0.1, 0.15) is 5.82 Å². The van der Waals surface area contributed by atoms with Crippen LogP contribution in [0.3, 0.4) is 0 Å². The molecule has 3 rings (SSSR count). The lowest BCUT2D eigenvalue weighted by molar-refractivity contribution is -0.122. The van der Waals surface area contributed by atoms with Crippen LogP contribution < -0.4 is 10.6 Å². The van der Waals surface area contributed by atoms with Crippen LogP contribution in [0.15, 0.2) is 36.5 Å². The maximum atomic E-state index is 12.2. The molecule has 1 saturated heterocycles. The molecule has 1 aromatic carbocycles. The van der Waals surface area contributed by atoms with Gasteiger partial charge in [-0.15, -0.1) is 0 Å². The van der Waals surface area contributed by atoms with Gasteiger partial charge in [0, 0.05) is 34.9 Å². The Kier molecular flexibility index (Phi) is 5.56. The molecule has 0 radical (unpaired) electrons. The molecule has 2 N–H and O–H groups in total. The van der Waals surface area contributed by atoms with Crippen molar-refractivity contribution in [1.29, 1.82) is 0 Å². The lowest BCUT2D eigenvalue weighted by Crippen LogP contribution is -2.28. The number of hydrogen-bond donors (Lipinski definition) is 2. The number of aromatic nitrogens is 1. The molecule has 1 aromatic heterocycles. The van der Waals surface area contributed by atoms with E-state index < -0.39 is 0 Å². The predicted molar refractivity (Wildman–Crippen MR) is 96.2 cm³/mol. The summed E-state index contributed by atoms with van der Waals surface area (Å²) in [6.45, 7) is 1.28. The number of ether oxygens (including phenoxy) is 1. The second-order valence-electron chi connectivity index (χ2n) is 5.59. The highest BCUT2D eigenvalue weighted by atomic mass is 35.5. The molecule has 0 spiro atoms. The summed E-state index contributed by atoms with van der Waals surface area (Å²) in [5, 5.41) is 7.11. The molecule has 24 heavy (non-hydrogen) atoms. The fourth-order valence-corrected chi connectivity index (χ4v) is 3.05. The van der Waals surface area contributed by atoms with Gasteiger partial charge in [0.05, 0.1) is 11.9 Å². The predicted octanol–water partition coefficient (Wildman–Crippen LogP) is 4.50. The van der Waals surface area contributed by atoms with Crippen molar-refractivity contribution >= 4 is 46.3 Å². The van der Waals surface area contributed by atoms with Crippen LogP contribution in [0.25, 0.3) is 0 Å². The molecule has 2 heterocycles. The number of benzene rings is 1. The Labute approximate surface area is 150 Å². The van der Waals surface area contributed by atoms with Crippen molar-refractivity contribution in [3.63, 3.8) is 0 Å². The standard InChI is InChI=1S/C17H17Cl2N3O2/c18-12-7-13(19)9-15(8-12)21-16-2-1-14(10-20-16)22-17(23)11-3-5-24-6-4-11/h1-2,7-11H,3-6H2,(H,20,21)(H,22,23). The first-order valence-electron chi connectivity index (χ1n) is 7.68. The van der Waals surface area contributed by atoms with E-state index in [2.05, 4.69) is 15.6 Å². The topological polar surface area (TPSA) is 63.2 Å². The number of hydrogen-bond acceptors (Lipinski definition) is 4. The Morgan fingerprint density at radius 2 is 1.79 bits per heavy atom. The molecule has 1 fully saturated rings. The maximum absolute atomic E-state index is 12.2. The molecule has 0 aliphatic carbocycles. The number of anilines is 3. The number of nitrogens with zero attached hydrogens (tertiary/aromatic N) is 1. The molecule has 2 aromatic rings. The number of carbonyl (C=O) groups excluding carboxylic acids is 1. The Balaban J connectivity index is 1.61. The van der Waals surface area contributed by atoms with Crippen LogP contribution in [0.2, 0.25) is 10.0 Å². The van der Waals surface area contributed by atoms with Crippen LogP contribution in [0.1, 0.15) is 12.8 Å². The Bertz CT molecular complexity index is 696. The monoisotopic (exact) mass is 365 g/mol. The third-order valence-electron chi connectivity index (χ3n) is 3.76. The summed E-state index contributed by atoms with van der Waals surface area (Å²) in [5.41, 5.74) is 1.42. The fourth-order valence-electron chi connectivity index (χ4n) is 2.52. The van der Waals surface area contributed by atoms with Crippen LogP contribution in [-0.4, -0.2) is 24.1 Å². The summed E-state index contributed by atoms with van der Waals surface area (Å²) in [5.74, 6) is 0.657. The van der Waals surface area contributed by atoms with E-state index in [1.165, 1.54) is 0 Å². The lowest BCUT2D eigenvalue weighted by atomic mass is 9.99. The van der Waals surface area contributed by atoms with E-state index in [1.807, 2.05) is 0 Å². The molecule has 0 atom stereocenters. The van der Waals surface area contributed by atoms with Gasteiger partial charge in [-0.2, -0.15) is 0 Å². The molecular weight excluding hydrogens is 349 g/mol. The summed E-state index contributed by atoms with van der Waals surface area (Å²) >= 11 is 11.9. The van der Waals surface area contributed by atoms with Gasteiger partial charge in [0.25, 0.3) is 0 Å². The van der Waals surface area contributed by atoms with Gasteiger partial charge < -0.3 is 15.4 Å². The molecule has 7 heteroatoms. The average molecular weight is 366 g/mol. The number of pyridine rings is 1. The molecule has 126 valence electrons. The third kappa shape index (κ3) is 4.60. The third-order valence-corrected chi connectivity index (χ3v) is 4.19. The summed E-state index contributed by atoms with van der Waals surface area (Å²) < 4.78 is 5.27. The van der Waals surface area contributed by atoms with Crippen molar-refractivity contribution in [1.82, 2.24) is 4.98 Å². The maximum Gasteiger partial charge on any atom is 0.227 e. The van der Waals surface area contributed by atoms with Crippen molar-refractivity contribution < 1.29 is 9.53 Å². The Morgan fingerprint density at radius 1 is 1.08 bits per heavy atom. The van der Waals surface area contributed by atoms with Crippen LogP contribution in [0.4, 0.5) is 17.2 Å². The van der Waals surface area contributed by atoms with Gasteiger partial charge in [-0.3, -0.25) is 4.79 Å². The van der Waals surface area contributed by atoms with Gasteiger partial charge in [-0.05, 0) is 43.2 Å². The van der Waals surface area contributed by atoms with E-state index in [-0.39, 0.29) is 11.8 Å². The summed E-state index contributed by atoms with van der Waals surface area (Å²) in [7, 11) is 0. The zero-order chi connectivity index (χ0) is 16.9. The first-order chi connectivity index (χ1) is 11.6. The summed E-state index contributed by atoms with van der Waals surface area (Å²) in [6.07, 6.45) is 3.13. The molecular formula is C17H17Cl2N3O2. The van der Waals surface area contributed by atoms with Crippen LogP contribution in [0, 0.1) is 5.92 Å². The van der Waals surface area contributed by atoms with Gasteiger partial charge >= 0.3 is 0 Å². The fraction of sp³-hybridized carbons (Fsp3) is 0.294. The highest BCUT2D eigenvalue weighted by molar-refractivity contribution is 6.35. The number of nitrogens with one attached hydrogen (secondary N) is 2. The van der Waals surface area contributed by atoms with Crippen molar-refractivity contribution in [3.8, 4) is 0 Å². The quantitative estimate of drug-likeness (QED) is 0.837. The second kappa shape index (κ2) is 7.83. The van der Waals surface area contributed by atoms with E-state index in [9.17, 15) is 4.79 Å². The lowest BCUT2D eigenvalue weighted by Gasteiger charge is -2.21. The van der Waals surface area contributed by atoms with Gasteiger partial charge in [-0.25, -0.2) is 4.98 Å². The highest BCUT2D eigenvalue weighted by Crippen LogP contribution is 2.25. The average Bonchev–Trinajstić information content (AvgIpc) is 2.56. The molecule has 0 saturated carbocycles.